The Morgan fingerprint density at radius 2 is 2.05 bits per heavy atom. The normalized spacial score (nSPS) is 12.6. The average Bonchev–Trinajstić information content (AvgIpc) is 2.78. The molecule has 0 bridgehead atoms. The average molecular weight is 277 g/mol. The van der Waals surface area contributed by atoms with Gasteiger partial charge in [0.15, 0.2) is 0 Å². The number of benzene rings is 1. The zero-order valence-electron chi connectivity index (χ0n) is 11.7. The van der Waals surface area contributed by atoms with Crippen LogP contribution in [-0.4, -0.2) is 23.0 Å². The molecule has 0 aliphatic rings. The van der Waals surface area contributed by atoms with Crippen molar-refractivity contribution in [3.8, 4) is 0 Å². The van der Waals surface area contributed by atoms with Crippen LogP contribution in [0.1, 0.15) is 28.6 Å². The molecule has 0 aliphatic heterocycles. The van der Waals surface area contributed by atoms with E-state index < -0.39 is 0 Å². The van der Waals surface area contributed by atoms with Gasteiger partial charge in [0.25, 0.3) is 5.22 Å². The van der Waals surface area contributed by atoms with Gasteiger partial charge in [0.1, 0.15) is 0 Å². The van der Waals surface area contributed by atoms with E-state index in [2.05, 4.69) is 47.6 Å². The van der Waals surface area contributed by atoms with Crippen LogP contribution in [-0.2, 0) is 0 Å². The van der Waals surface area contributed by atoms with Crippen LogP contribution in [0.2, 0.25) is 0 Å². The molecular weight excluding hydrogens is 258 g/mol. The number of rotatable bonds is 5. The third kappa shape index (κ3) is 3.58. The Morgan fingerprint density at radius 1 is 1.26 bits per heavy atom. The summed E-state index contributed by atoms with van der Waals surface area (Å²) in [6.45, 7) is 6.06. The van der Waals surface area contributed by atoms with Crippen molar-refractivity contribution >= 4 is 11.8 Å². The second-order valence-electron chi connectivity index (χ2n) is 4.60. The first-order valence-electron chi connectivity index (χ1n) is 6.27. The Hall–Kier alpha value is -1.33. The number of aryl methyl sites for hydroxylation is 3. The summed E-state index contributed by atoms with van der Waals surface area (Å²) >= 11 is 1.58. The van der Waals surface area contributed by atoms with Crippen molar-refractivity contribution in [3.63, 3.8) is 0 Å². The topological polar surface area (TPSA) is 51.0 Å². The van der Waals surface area contributed by atoms with Crippen LogP contribution in [0.25, 0.3) is 0 Å². The van der Waals surface area contributed by atoms with Gasteiger partial charge in [-0.2, -0.15) is 0 Å². The number of thioether (sulfide) groups is 1. The van der Waals surface area contributed by atoms with Crippen molar-refractivity contribution in [1.29, 1.82) is 0 Å². The molecule has 1 heterocycles. The molecular formula is C14H19N3OS. The number of hydrogen-bond acceptors (Lipinski definition) is 5. The summed E-state index contributed by atoms with van der Waals surface area (Å²) in [6, 6.07) is 6.82. The minimum Gasteiger partial charge on any atom is -0.416 e. The molecule has 0 radical (unpaired) electrons. The minimum atomic E-state index is 0.276. The molecule has 0 spiro atoms. The SMILES string of the molecule is CNC(CSc1nnc(C)o1)c1ccc(C)cc1C. The lowest BCUT2D eigenvalue weighted by Gasteiger charge is -2.18. The zero-order valence-corrected chi connectivity index (χ0v) is 12.5. The van der Waals surface area contributed by atoms with Gasteiger partial charge in [0, 0.05) is 18.7 Å². The molecule has 4 nitrogen and oxygen atoms in total. The third-order valence-corrected chi connectivity index (χ3v) is 3.94. The first-order valence-corrected chi connectivity index (χ1v) is 7.26. The summed E-state index contributed by atoms with van der Waals surface area (Å²) in [7, 11) is 1.98. The van der Waals surface area contributed by atoms with Crippen molar-refractivity contribution in [2.45, 2.75) is 32.0 Å². The molecule has 0 aliphatic carbocycles. The molecule has 1 atom stereocenters. The smallest absolute Gasteiger partial charge is 0.276 e. The van der Waals surface area contributed by atoms with Crippen LogP contribution in [0, 0.1) is 20.8 Å². The van der Waals surface area contributed by atoms with Gasteiger partial charge in [-0.1, -0.05) is 35.5 Å². The van der Waals surface area contributed by atoms with E-state index in [1.54, 1.807) is 18.7 Å². The highest BCUT2D eigenvalue weighted by Gasteiger charge is 2.14. The van der Waals surface area contributed by atoms with E-state index in [1.165, 1.54) is 16.7 Å². The Morgan fingerprint density at radius 3 is 2.63 bits per heavy atom. The number of nitrogens with one attached hydrogen (secondary N) is 1. The molecule has 0 saturated heterocycles. The summed E-state index contributed by atoms with van der Waals surface area (Å²) in [6.07, 6.45) is 0. The monoisotopic (exact) mass is 277 g/mol. The van der Waals surface area contributed by atoms with Crippen molar-refractivity contribution < 1.29 is 4.42 Å². The lowest BCUT2D eigenvalue weighted by Crippen LogP contribution is -2.19. The van der Waals surface area contributed by atoms with Crippen molar-refractivity contribution in [2.75, 3.05) is 12.8 Å². The van der Waals surface area contributed by atoms with Crippen LogP contribution in [0.4, 0.5) is 0 Å². The molecule has 2 aromatic rings. The fourth-order valence-corrected chi connectivity index (χ4v) is 2.97. The largest absolute Gasteiger partial charge is 0.416 e. The molecule has 0 saturated carbocycles. The van der Waals surface area contributed by atoms with Gasteiger partial charge in [-0.05, 0) is 32.0 Å². The minimum absolute atomic E-state index is 0.276. The van der Waals surface area contributed by atoms with Crippen LogP contribution < -0.4 is 5.32 Å². The molecule has 19 heavy (non-hydrogen) atoms. The summed E-state index contributed by atoms with van der Waals surface area (Å²) < 4.78 is 5.38. The Balaban J connectivity index is 2.07. The third-order valence-electron chi connectivity index (χ3n) is 3.03. The Labute approximate surface area is 118 Å². The predicted octanol–water partition coefficient (Wildman–Crippen LogP) is 3.05. The van der Waals surface area contributed by atoms with Gasteiger partial charge in [-0.3, -0.25) is 0 Å². The molecule has 1 N–H and O–H groups in total. The fourth-order valence-electron chi connectivity index (χ4n) is 2.04. The lowest BCUT2D eigenvalue weighted by atomic mass is 10.0. The summed E-state index contributed by atoms with van der Waals surface area (Å²) in [5.74, 6) is 1.47. The fraction of sp³-hybridized carbons (Fsp3) is 0.429. The summed E-state index contributed by atoms with van der Waals surface area (Å²) in [5, 5.41) is 11.8. The van der Waals surface area contributed by atoms with Crippen LogP contribution in [0.15, 0.2) is 27.8 Å². The lowest BCUT2D eigenvalue weighted by molar-refractivity contribution is 0.428. The molecule has 0 amide bonds. The highest BCUT2D eigenvalue weighted by Crippen LogP contribution is 2.26. The molecule has 0 fully saturated rings. The Kier molecular flexibility index (Phi) is 4.61. The highest BCUT2D eigenvalue weighted by molar-refractivity contribution is 7.99. The van der Waals surface area contributed by atoms with Gasteiger partial charge >= 0.3 is 0 Å². The quantitative estimate of drug-likeness (QED) is 0.851. The highest BCUT2D eigenvalue weighted by atomic mass is 32.2. The maximum Gasteiger partial charge on any atom is 0.276 e. The van der Waals surface area contributed by atoms with Crippen LogP contribution in [0.5, 0.6) is 0 Å². The van der Waals surface area contributed by atoms with E-state index in [1.807, 2.05) is 7.05 Å². The van der Waals surface area contributed by atoms with Gasteiger partial charge in [-0.25, -0.2) is 0 Å². The van der Waals surface area contributed by atoms with Gasteiger partial charge in [0.2, 0.25) is 5.89 Å². The van der Waals surface area contributed by atoms with Crippen molar-refractivity contribution in [2.24, 2.45) is 0 Å². The first kappa shape index (κ1) is 14.1. The van der Waals surface area contributed by atoms with Crippen molar-refractivity contribution in [3.05, 3.63) is 40.8 Å². The second-order valence-corrected chi connectivity index (χ2v) is 5.57. The maximum absolute atomic E-state index is 5.38. The van der Waals surface area contributed by atoms with Gasteiger partial charge in [-0.15, -0.1) is 10.2 Å². The number of nitrogens with zero attached hydrogens (tertiary/aromatic N) is 2. The molecule has 1 aromatic carbocycles. The number of aromatic nitrogens is 2. The zero-order chi connectivity index (χ0) is 13.8. The van der Waals surface area contributed by atoms with E-state index in [9.17, 15) is 0 Å². The second kappa shape index (κ2) is 6.21. The predicted molar refractivity (Wildman–Crippen MR) is 77.5 cm³/mol. The van der Waals surface area contributed by atoms with E-state index >= 15 is 0 Å². The Bertz CT molecular complexity index is 553. The van der Waals surface area contributed by atoms with Crippen LogP contribution in [0.3, 0.4) is 0 Å². The summed E-state index contributed by atoms with van der Waals surface area (Å²) in [5.41, 5.74) is 3.91. The van der Waals surface area contributed by atoms with E-state index in [-0.39, 0.29) is 6.04 Å². The molecule has 2 rings (SSSR count). The molecule has 5 heteroatoms. The maximum atomic E-state index is 5.38. The first-order chi connectivity index (χ1) is 9.10. The number of hydrogen-bond donors (Lipinski definition) is 1. The van der Waals surface area contributed by atoms with E-state index in [4.69, 9.17) is 4.42 Å². The summed E-state index contributed by atoms with van der Waals surface area (Å²) in [4.78, 5) is 0. The molecule has 1 aromatic heterocycles. The van der Waals surface area contributed by atoms with Gasteiger partial charge in [0.05, 0.1) is 0 Å². The molecule has 1 unspecified atom stereocenters. The van der Waals surface area contributed by atoms with Gasteiger partial charge < -0.3 is 9.73 Å². The molecule has 102 valence electrons. The van der Waals surface area contributed by atoms with E-state index in [0.717, 1.165) is 5.75 Å². The van der Waals surface area contributed by atoms with Crippen molar-refractivity contribution in [1.82, 2.24) is 15.5 Å². The standard InChI is InChI=1S/C14H19N3OS/c1-9-5-6-12(10(2)7-9)13(15-4)8-19-14-17-16-11(3)18-14/h5-7,13,15H,8H2,1-4H3. The van der Waals surface area contributed by atoms with Crippen LogP contribution >= 0.6 is 11.8 Å². The van der Waals surface area contributed by atoms with E-state index in [0.29, 0.717) is 11.1 Å².